The van der Waals surface area contributed by atoms with Crippen molar-refractivity contribution >= 4 is 10.9 Å². The fourth-order valence-corrected chi connectivity index (χ4v) is 2.49. The van der Waals surface area contributed by atoms with Gasteiger partial charge in [0.2, 0.25) is 0 Å². The molecule has 3 nitrogen and oxygen atoms in total. The Morgan fingerprint density at radius 1 is 1.18 bits per heavy atom. The molecule has 0 atom stereocenters. The van der Waals surface area contributed by atoms with Crippen LogP contribution in [0.25, 0.3) is 10.9 Å². The van der Waals surface area contributed by atoms with E-state index in [0.717, 1.165) is 32.8 Å². The first-order chi connectivity index (χ1) is 8.34. The summed E-state index contributed by atoms with van der Waals surface area (Å²) in [6.45, 7) is 4.84. The number of hydrogen-bond donors (Lipinski definition) is 0. The van der Waals surface area contributed by atoms with Crippen LogP contribution in [0.1, 0.15) is 5.69 Å². The summed E-state index contributed by atoms with van der Waals surface area (Å²) in [6, 6.07) is 10.8. The fourth-order valence-electron chi connectivity index (χ4n) is 2.49. The van der Waals surface area contributed by atoms with Gasteiger partial charge in [-0.3, -0.25) is 4.90 Å². The molecule has 0 N–H and O–H groups in total. The van der Waals surface area contributed by atoms with Crippen LogP contribution in [0.5, 0.6) is 0 Å². The van der Waals surface area contributed by atoms with Gasteiger partial charge < -0.3 is 9.30 Å². The lowest BCUT2D eigenvalue weighted by atomic mass is 10.2. The summed E-state index contributed by atoms with van der Waals surface area (Å²) in [6.07, 6.45) is 0. The predicted octanol–water partition coefficient (Wildman–Crippen LogP) is 2.01. The molecule has 3 heteroatoms. The van der Waals surface area contributed by atoms with Crippen molar-refractivity contribution in [3.63, 3.8) is 0 Å². The molecule has 3 rings (SSSR count). The molecule has 1 saturated heterocycles. The Kier molecular flexibility index (Phi) is 2.87. The van der Waals surface area contributed by atoms with Gasteiger partial charge in [-0.15, -0.1) is 0 Å². The Bertz CT molecular complexity index is 512. The normalized spacial score (nSPS) is 17.7. The van der Waals surface area contributed by atoms with Gasteiger partial charge in [0.1, 0.15) is 0 Å². The molecule has 0 bridgehead atoms. The highest BCUT2D eigenvalue weighted by molar-refractivity contribution is 5.81. The van der Waals surface area contributed by atoms with Crippen LogP contribution in [0.3, 0.4) is 0 Å². The lowest BCUT2D eigenvalue weighted by molar-refractivity contribution is 0.0333. The van der Waals surface area contributed by atoms with Gasteiger partial charge in [0.15, 0.2) is 0 Å². The van der Waals surface area contributed by atoms with Gasteiger partial charge in [-0.1, -0.05) is 18.2 Å². The average molecular weight is 230 g/mol. The summed E-state index contributed by atoms with van der Waals surface area (Å²) in [5, 5.41) is 1.33. The van der Waals surface area contributed by atoms with Gasteiger partial charge in [0.25, 0.3) is 0 Å². The summed E-state index contributed by atoms with van der Waals surface area (Å²) < 4.78 is 7.67. The van der Waals surface area contributed by atoms with E-state index in [9.17, 15) is 0 Å². The van der Waals surface area contributed by atoms with Crippen LogP contribution >= 0.6 is 0 Å². The minimum Gasteiger partial charge on any atom is -0.379 e. The van der Waals surface area contributed by atoms with Crippen LogP contribution in [0.2, 0.25) is 0 Å². The van der Waals surface area contributed by atoms with E-state index in [1.807, 2.05) is 0 Å². The maximum atomic E-state index is 5.38. The van der Waals surface area contributed by atoms with Gasteiger partial charge >= 0.3 is 0 Å². The maximum Gasteiger partial charge on any atom is 0.0594 e. The molecule has 2 heterocycles. The quantitative estimate of drug-likeness (QED) is 0.785. The zero-order valence-electron chi connectivity index (χ0n) is 10.2. The summed E-state index contributed by atoms with van der Waals surface area (Å²) in [5.74, 6) is 0. The second-order valence-electron chi connectivity index (χ2n) is 4.64. The lowest BCUT2D eigenvalue weighted by Crippen LogP contribution is -2.36. The van der Waals surface area contributed by atoms with Gasteiger partial charge in [0, 0.05) is 37.9 Å². The van der Waals surface area contributed by atoms with E-state index in [1.54, 1.807) is 0 Å². The Hall–Kier alpha value is -1.32. The molecule has 0 aliphatic carbocycles. The summed E-state index contributed by atoms with van der Waals surface area (Å²) in [7, 11) is 2.15. The molecule has 1 aromatic heterocycles. The van der Waals surface area contributed by atoms with Crippen molar-refractivity contribution in [1.29, 1.82) is 0 Å². The number of aromatic nitrogens is 1. The van der Waals surface area contributed by atoms with E-state index < -0.39 is 0 Å². The smallest absolute Gasteiger partial charge is 0.0594 e. The lowest BCUT2D eigenvalue weighted by Gasteiger charge is -2.26. The summed E-state index contributed by atoms with van der Waals surface area (Å²) in [5.41, 5.74) is 2.70. The van der Waals surface area contributed by atoms with Crippen LogP contribution in [0, 0.1) is 0 Å². The molecule has 0 saturated carbocycles. The van der Waals surface area contributed by atoms with Crippen molar-refractivity contribution in [3.8, 4) is 0 Å². The first-order valence-electron chi connectivity index (χ1n) is 6.18. The topological polar surface area (TPSA) is 17.4 Å². The number of morpholine rings is 1. The van der Waals surface area contributed by atoms with E-state index in [1.165, 1.54) is 16.6 Å². The van der Waals surface area contributed by atoms with Gasteiger partial charge in [0.05, 0.1) is 13.2 Å². The second-order valence-corrected chi connectivity index (χ2v) is 4.64. The summed E-state index contributed by atoms with van der Waals surface area (Å²) >= 11 is 0. The average Bonchev–Trinajstić information content (AvgIpc) is 2.68. The molecule has 2 aromatic rings. The first-order valence-corrected chi connectivity index (χ1v) is 6.18. The Morgan fingerprint density at radius 3 is 2.71 bits per heavy atom. The molecule has 1 aliphatic rings. The van der Waals surface area contributed by atoms with Crippen molar-refractivity contribution in [2.75, 3.05) is 26.3 Å². The third-order valence-corrected chi connectivity index (χ3v) is 3.54. The highest BCUT2D eigenvalue weighted by Gasteiger charge is 2.13. The number of fused-ring (bicyclic) bond motifs is 1. The zero-order chi connectivity index (χ0) is 11.7. The van der Waals surface area contributed by atoms with Crippen LogP contribution < -0.4 is 0 Å². The van der Waals surface area contributed by atoms with Crippen molar-refractivity contribution in [2.24, 2.45) is 7.05 Å². The SMILES string of the molecule is Cn1c(CN2CCOCC2)cc2ccccc21. The Labute approximate surface area is 102 Å². The number of ether oxygens (including phenoxy) is 1. The van der Waals surface area contributed by atoms with Crippen LogP contribution in [0.15, 0.2) is 30.3 Å². The monoisotopic (exact) mass is 230 g/mol. The van der Waals surface area contributed by atoms with Crippen LogP contribution in [-0.4, -0.2) is 35.8 Å². The molecule has 17 heavy (non-hydrogen) atoms. The van der Waals surface area contributed by atoms with Crippen LogP contribution in [-0.2, 0) is 18.3 Å². The van der Waals surface area contributed by atoms with Crippen molar-refractivity contribution in [1.82, 2.24) is 9.47 Å². The minimum atomic E-state index is 0.865. The minimum absolute atomic E-state index is 0.865. The third-order valence-electron chi connectivity index (χ3n) is 3.54. The first kappa shape index (κ1) is 10.8. The van der Waals surface area contributed by atoms with Gasteiger partial charge in [-0.25, -0.2) is 0 Å². The standard InChI is InChI=1S/C14H18N2O/c1-15-13(11-16-6-8-17-9-7-16)10-12-4-2-3-5-14(12)15/h2-5,10H,6-9,11H2,1H3. The molecule has 1 aromatic carbocycles. The predicted molar refractivity (Wildman–Crippen MR) is 69.0 cm³/mol. The molecular weight excluding hydrogens is 212 g/mol. The number of benzene rings is 1. The molecule has 0 spiro atoms. The van der Waals surface area contributed by atoms with E-state index in [2.05, 4.69) is 46.8 Å². The Balaban J connectivity index is 1.87. The highest BCUT2D eigenvalue weighted by Crippen LogP contribution is 2.19. The largest absolute Gasteiger partial charge is 0.379 e. The van der Waals surface area contributed by atoms with Gasteiger partial charge in [-0.2, -0.15) is 0 Å². The van der Waals surface area contributed by atoms with E-state index in [4.69, 9.17) is 4.74 Å². The fraction of sp³-hybridized carbons (Fsp3) is 0.429. The van der Waals surface area contributed by atoms with Crippen molar-refractivity contribution < 1.29 is 4.74 Å². The second kappa shape index (κ2) is 4.51. The number of aryl methyl sites for hydroxylation is 1. The highest BCUT2D eigenvalue weighted by atomic mass is 16.5. The molecular formula is C14H18N2O. The van der Waals surface area contributed by atoms with Crippen molar-refractivity contribution in [3.05, 3.63) is 36.0 Å². The molecule has 0 amide bonds. The Morgan fingerprint density at radius 2 is 1.94 bits per heavy atom. The number of rotatable bonds is 2. The van der Waals surface area contributed by atoms with E-state index >= 15 is 0 Å². The number of hydrogen-bond acceptors (Lipinski definition) is 2. The van der Waals surface area contributed by atoms with Crippen LogP contribution in [0.4, 0.5) is 0 Å². The molecule has 1 fully saturated rings. The molecule has 0 radical (unpaired) electrons. The molecule has 90 valence electrons. The molecule has 0 unspecified atom stereocenters. The molecule has 1 aliphatic heterocycles. The van der Waals surface area contributed by atoms with E-state index in [0.29, 0.717) is 0 Å². The van der Waals surface area contributed by atoms with Gasteiger partial charge in [-0.05, 0) is 17.5 Å². The maximum absolute atomic E-state index is 5.38. The van der Waals surface area contributed by atoms with Crippen molar-refractivity contribution in [2.45, 2.75) is 6.54 Å². The third kappa shape index (κ3) is 2.08. The number of nitrogens with zero attached hydrogens (tertiary/aromatic N) is 2. The van der Waals surface area contributed by atoms with E-state index in [-0.39, 0.29) is 0 Å². The summed E-state index contributed by atoms with van der Waals surface area (Å²) in [4.78, 5) is 2.46. The zero-order valence-corrected chi connectivity index (χ0v) is 10.2. The number of para-hydroxylation sites is 1.